The number of hydrogen-bond donors (Lipinski definition) is 2. The highest BCUT2D eigenvalue weighted by molar-refractivity contribution is 7.13. The number of anilines is 1. The van der Waals surface area contributed by atoms with E-state index in [0.717, 1.165) is 17.8 Å². The Morgan fingerprint density at radius 3 is 2.67 bits per heavy atom. The van der Waals surface area contributed by atoms with Crippen molar-refractivity contribution < 1.29 is 13.6 Å². The van der Waals surface area contributed by atoms with E-state index in [1.807, 2.05) is 19.4 Å². The van der Waals surface area contributed by atoms with Crippen LogP contribution in [0, 0.1) is 11.6 Å². The van der Waals surface area contributed by atoms with Crippen LogP contribution in [0.4, 0.5) is 13.9 Å². The summed E-state index contributed by atoms with van der Waals surface area (Å²) in [6.07, 6.45) is -0.366. The van der Waals surface area contributed by atoms with Crippen molar-refractivity contribution >= 4 is 22.4 Å². The summed E-state index contributed by atoms with van der Waals surface area (Å²) < 4.78 is 26.9. The topological polar surface area (TPSA) is 54.0 Å². The molecule has 0 aliphatic heterocycles. The number of rotatable bonds is 5. The second kappa shape index (κ2) is 6.73. The molecule has 0 aliphatic carbocycles. The standard InChI is InChI=1S/C14H15F2N3OS/c1-8(17-2)12-7-21-14(18-12)19-13(20)6-9-10(15)4-3-5-11(9)16/h3-5,7-8,17H,6H2,1-2H3,(H,18,19,20). The molecule has 0 saturated carbocycles. The molecule has 2 aromatic rings. The van der Waals surface area contributed by atoms with Gasteiger partial charge >= 0.3 is 0 Å². The van der Waals surface area contributed by atoms with Crippen LogP contribution in [0.5, 0.6) is 0 Å². The van der Waals surface area contributed by atoms with Gasteiger partial charge in [0.1, 0.15) is 11.6 Å². The van der Waals surface area contributed by atoms with Crippen LogP contribution in [0.15, 0.2) is 23.6 Å². The van der Waals surface area contributed by atoms with E-state index in [-0.39, 0.29) is 18.0 Å². The van der Waals surface area contributed by atoms with Gasteiger partial charge < -0.3 is 10.6 Å². The van der Waals surface area contributed by atoms with E-state index >= 15 is 0 Å². The van der Waals surface area contributed by atoms with E-state index in [9.17, 15) is 13.6 Å². The Hall–Kier alpha value is -1.86. The van der Waals surface area contributed by atoms with E-state index in [1.54, 1.807) is 0 Å². The van der Waals surface area contributed by atoms with Crippen molar-refractivity contribution in [3.05, 3.63) is 46.5 Å². The number of hydrogen-bond acceptors (Lipinski definition) is 4. The molecule has 21 heavy (non-hydrogen) atoms. The maximum absolute atomic E-state index is 13.5. The van der Waals surface area contributed by atoms with Crippen LogP contribution < -0.4 is 10.6 Å². The first-order valence-electron chi connectivity index (χ1n) is 6.36. The largest absolute Gasteiger partial charge is 0.312 e. The Morgan fingerprint density at radius 2 is 2.05 bits per heavy atom. The number of carbonyl (C=O) groups is 1. The maximum Gasteiger partial charge on any atom is 0.230 e. The van der Waals surface area contributed by atoms with E-state index in [0.29, 0.717) is 5.13 Å². The zero-order valence-corrected chi connectivity index (χ0v) is 12.4. The normalized spacial score (nSPS) is 12.2. The Labute approximate surface area is 125 Å². The molecule has 1 aromatic carbocycles. The molecule has 1 heterocycles. The third-order valence-corrected chi connectivity index (χ3v) is 3.82. The molecule has 7 heteroatoms. The number of thiazole rings is 1. The van der Waals surface area contributed by atoms with Gasteiger partial charge in [0.15, 0.2) is 5.13 Å². The van der Waals surface area contributed by atoms with Gasteiger partial charge in [-0.1, -0.05) is 6.07 Å². The number of benzene rings is 1. The first-order chi connectivity index (χ1) is 10.0. The summed E-state index contributed by atoms with van der Waals surface area (Å²) >= 11 is 1.27. The number of nitrogens with one attached hydrogen (secondary N) is 2. The Balaban J connectivity index is 2.03. The highest BCUT2D eigenvalue weighted by atomic mass is 32.1. The highest BCUT2D eigenvalue weighted by Gasteiger charge is 2.15. The molecule has 0 radical (unpaired) electrons. The van der Waals surface area contributed by atoms with Crippen LogP contribution in [0.1, 0.15) is 24.2 Å². The van der Waals surface area contributed by atoms with Gasteiger partial charge in [0, 0.05) is 17.0 Å². The molecule has 0 bridgehead atoms. The quantitative estimate of drug-likeness (QED) is 0.893. The Morgan fingerprint density at radius 1 is 1.38 bits per heavy atom. The average molecular weight is 311 g/mol. The lowest BCUT2D eigenvalue weighted by Crippen LogP contribution is -2.17. The molecule has 1 amide bonds. The van der Waals surface area contributed by atoms with Crippen LogP contribution in [0.2, 0.25) is 0 Å². The van der Waals surface area contributed by atoms with Crippen molar-refractivity contribution in [3.8, 4) is 0 Å². The minimum absolute atomic E-state index is 0.0657. The molecule has 0 fully saturated rings. The molecule has 112 valence electrons. The van der Waals surface area contributed by atoms with Gasteiger partial charge in [0.05, 0.1) is 12.1 Å². The van der Waals surface area contributed by atoms with Gasteiger partial charge in [-0.2, -0.15) is 0 Å². The van der Waals surface area contributed by atoms with Crippen LogP contribution >= 0.6 is 11.3 Å². The summed E-state index contributed by atoms with van der Waals surface area (Å²) in [5.41, 5.74) is 0.560. The van der Waals surface area contributed by atoms with E-state index in [4.69, 9.17) is 0 Å². The molecule has 1 atom stereocenters. The van der Waals surface area contributed by atoms with Crippen molar-refractivity contribution in [2.45, 2.75) is 19.4 Å². The molecule has 1 aromatic heterocycles. The lowest BCUT2D eigenvalue weighted by molar-refractivity contribution is -0.115. The van der Waals surface area contributed by atoms with Gasteiger partial charge in [-0.15, -0.1) is 11.3 Å². The fraction of sp³-hybridized carbons (Fsp3) is 0.286. The first kappa shape index (κ1) is 15.5. The average Bonchev–Trinajstić information content (AvgIpc) is 2.90. The molecule has 0 spiro atoms. The fourth-order valence-corrected chi connectivity index (χ4v) is 2.54. The number of amides is 1. The summed E-state index contributed by atoms with van der Waals surface area (Å²) in [5, 5.41) is 7.82. The molecular formula is C14H15F2N3OS. The van der Waals surface area contributed by atoms with Crippen molar-refractivity contribution in [3.63, 3.8) is 0 Å². The molecule has 1 unspecified atom stereocenters. The predicted octanol–water partition coefficient (Wildman–Crippen LogP) is 2.88. The second-order valence-corrected chi connectivity index (χ2v) is 5.37. The number of aromatic nitrogens is 1. The Kier molecular flexibility index (Phi) is 4.98. The highest BCUT2D eigenvalue weighted by Crippen LogP contribution is 2.21. The SMILES string of the molecule is CNC(C)c1csc(NC(=O)Cc2c(F)cccc2F)n1. The van der Waals surface area contributed by atoms with Gasteiger partial charge in [-0.25, -0.2) is 13.8 Å². The van der Waals surface area contributed by atoms with Crippen molar-refractivity contribution in [1.29, 1.82) is 0 Å². The molecule has 2 rings (SSSR count). The number of nitrogens with zero attached hydrogens (tertiary/aromatic N) is 1. The van der Waals surface area contributed by atoms with E-state index in [2.05, 4.69) is 15.6 Å². The molecular weight excluding hydrogens is 296 g/mol. The summed E-state index contributed by atoms with van der Waals surface area (Å²) in [4.78, 5) is 16.1. The van der Waals surface area contributed by atoms with Crippen molar-refractivity contribution in [2.24, 2.45) is 0 Å². The zero-order chi connectivity index (χ0) is 15.4. The summed E-state index contributed by atoms with van der Waals surface area (Å²) in [6, 6.07) is 3.58. The molecule has 4 nitrogen and oxygen atoms in total. The monoisotopic (exact) mass is 311 g/mol. The molecule has 0 saturated heterocycles. The first-order valence-corrected chi connectivity index (χ1v) is 7.24. The third-order valence-electron chi connectivity index (χ3n) is 3.04. The van der Waals surface area contributed by atoms with Gasteiger partial charge in [0.2, 0.25) is 5.91 Å². The summed E-state index contributed by atoms with van der Waals surface area (Å²) in [6.45, 7) is 1.94. The summed E-state index contributed by atoms with van der Waals surface area (Å²) in [7, 11) is 1.81. The Bertz CT molecular complexity index is 625. The van der Waals surface area contributed by atoms with Crippen molar-refractivity contribution in [2.75, 3.05) is 12.4 Å². The van der Waals surface area contributed by atoms with Crippen LogP contribution in [-0.2, 0) is 11.2 Å². The van der Waals surface area contributed by atoms with Gasteiger partial charge in [-0.3, -0.25) is 4.79 Å². The van der Waals surface area contributed by atoms with E-state index in [1.165, 1.54) is 17.4 Å². The minimum atomic E-state index is -0.728. The molecule has 2 N–H and O–H groups in total. The second-order valence-electron chi connectivity index (χ2n) is 4.51. The van der Waals surface area contributed by atoms with E-state index < -0.39 is 17.5 Å². The van der Waals surface area contributed by atoms with Crippen LogP contribution in [0.3, 0.4) is 0 Å². The number of halogens is 2. The van der Waals surface area contributed by atoms with Gasteiger partial charge in [0.25, 0.3) is 0 Å². The number of carbonyl (C=O) groups excluding carboxylic acids is 1. The van der Waals surface area contributed by atoms with Crippen LogP contribution in [0.25, 0.3) is 0 Å². The zero-order valence-electron chi connectivity index (χ0n) is 11.6. The summed E-state index contributed by atoms with van der Waals surface area (Å²) in [5.74, 6) is -1.96. The molecule has 0 aliphatic rings. The lowest BCUT2D eigenvalue weighted by Gasteiger charge is -2.06. The van der Waals surface area contributed by atoms with Crippen molar-refractivity contribution in [1.82, 2.24) is 10.3 Å². The van der Waals surface area contributed by atoms with Crippen LogP contribution in [-0.4, -0.2) is 17.9 Å². The fourth-order valence-electron chi connectivity index (χ4n) is 1.72. The van der Waals surface area contributed by atoms with Gasteiger partial charge in [-0.05, 0) is 26.1 Å². The maximum atomic E-state index is 13.5. The predicted molar refractivity (Wildman–Crippen MR) is 78.3 cm³/mol. The smallest absolute Gasteiger partial charge is 0.230 e. The minimum Gasteiger partial charge on any atom is -0.312 e. The lowest BCUT2D eigenvalue weighted by atomic mass is 10.1. The third kappa shape index (κ3) is 3.83.